The van der Waals surface area contributed by atoms with E-state index in [9.17, 15) is 9.90 Å². The Kier molecular flexibility index (Phi) is 8.02. The molecule has 0 fully saturated rings. The van der Waals surface area contributed by atoms with Crippen molar-refractivity contribution in [2.75, 3.05) is 5.32 Å². The van der Waals surface area contributed by atoms with Gasteiger partial charge < -0.3 is 16.2 Å². The van der Waals surface area contributed by atoms with Gasteiger partial charge in [-0.1, -0.05) is 27.7 Å². The third kappa shape index (κ3) is 5.42. The Morgan fingerprint density at radius 3 is 2.19 bits per heavy atom. The monoisotopic (exact) mass is 363 g/mol. The summed E-state index contributed by atoms with van der Waals surface area (Å²) in [6, 6.07) is 0.508. The molecule has 0 aliphatic heterocycles. The van der Waals surface area contributed by atoms with Crippen LogP contribution in [0.15, 0.2) is 12.4 Å². The fraction of sp³-hybridized carbons (Fsp3) is 0.632. The van der Waals surface area contributed by atoms with Crippen LogP contribution in [-0.4, -0.2) is 37.9 Å². The second kappa shape index (κ2) is 9.52. The van der Waals surface area contributed by atoms with Crippen LogP contribution in [0.5, 0.6) is 0 Å². The maximum atomic E-state index is 11.4. The molecule has 4 N–H and O–H groups in total. The molecule has 0 spiro atoms. The molecule has 0 aliphatic carbocycles. The van der Waals surface area contributed by atoms with Crippen LogP contribution in [0.1, 0.15) is 58.8 Å². The molecule has 0 saturated carbocycles. The van der Waals surface area contributed by atoms with Gasteiger partial charge in [-0.05, 0) is 32.6 Å². The summed E-state index contributed by atoms with van der Waals surface area (Å²) in [6.07, 6.45) is 3.07. The van der Waals surface area contributed by atoms with Gasteiger partial charge in [-0.25, -0.2) is 14.5 Å². The summed E-state index contributed by atoms with van der Waals surface area (Å²) in [4.78, 5) is 15.6. The van der Waals surface area contributed by atoms with E-state index >= 15 is 0 Å². The van der Waals surface area contributed by atoms with Crippen molar-refractivity contribution in [3.63, 3.8) is 0 Å². The molecule has 2 rings (SSSR count). The third-order valence-corrected chi connectivity index (χ3v) is 4.62. The van der Waals surface area contributed by atoms with Crippen molar-refractivity contribution in [2.24, 2.45) is 17.6 Å². The van der Waals surface area contributed by atoms with Crippen molar-refractivity contribution in [3.05, 3.63) is 18.0 Å². The number of nitrogens with one attached hydrogen (secondary N) is 1. The van der Waals surface area contributed by atoms with Gasteiger partial charge in [0.15, 0.2) is 5.65 Å². The average molecular weight is 364 g/mol. The maximum Gasteiger partial charge on any atom is 0.339 e. The van der Waals surface area contributed by atoms with Gasteiger partial charge in [-0.3, -0.25) is 0 Å². The molecule has 7 nitrogen and oxygen atoms in total. The number of nitrogens with two attached hydrogens (primary N) is 1. The van der Waals surface area contributed by atoms with Crippen molar-refractivity contribution in [1.82, 2.24) is 14.8 Å². The van der Waals surface area contributed by atoms with E-state index in [0.717, 1.165) is 5.39 Å². The molecule has 26 heavy (non-hydrogen) atoms. The van der Waals surface area contributed by atoms with Gasteiger partial charge in [-0.15, -0.1) is 0 Å². The molecule has 146 valence electrons. The summed E-state index contributed by atoms with van der Waals surface area (Å²) in [6.45, 7) is 15.1. The van der Waals surface area contributed by atoms with Crippen LogP contribution >= 0.6 is 0 Å². The smallest absolute Gasteiger partial charge is 0.339 e. The standard InChI is InChI=1S/C14H20N4O2.C5H13N/c1-5-18-13-10(7-16-18)12(17-9(4)8(2)3)11(6-15-13)14(19)20;1-4(2)5(3)6/h6-9H,5H2,1-4H3,(H,15,17)(H,19,20);4-5H,6H2,1-3H3/t9-;5-/m00/s1. The van der Waals surface area contributed by atoms with E-state index in [0.29, 0.717) is 35.8 Å². The number of aromatic nitrogens is 3. The Bertz CT molecular complexity index is 716. The molecule has 2 aromatic heterocycles. The first-order valence-corrected chi connectivity index (χ1v) is 9.19. The van der Waals surface area contributed by atoms with Crippen LogP contribution in [0.4, 0.5) is 5.69 Å². The molecule has 0 saturated heterocycles. The molecule has 2 aromatic rings. The first-order valence-electron chi connectivity index (χ1n) is 9.19. The zero-order valence-electron chi connectivity index (χ0n) is 16.9. The Morgan fingerprint density at radius 1 is 1.19 bits per heavy atom. The van der Waals surface area contributed by atoms with Crippen molar-refractivity contribution in [1.29, 1.82) is 0 Å². The zero-order chi connectivity index (χ0) is 20.0. The second-order valence-corrected chi connectivity index (χ2v) is 7.33. The summed E-state index contributed by atoms with van der Waals surface area (Å²) >= 11 is 0. The quantitative estimate of drug-likeness (QED) is 0.724. The minimum absolute atomic E-state index is 0.156. The van der Waals surface area contributed by atoms with Crippen LogP contribution in [-0.2, 0) is 6.54 Å². The molecule has 0 aliphatic rings. The van der Waals surface area contributed by atoms with Gasteiger partial charge in [0.25, 0.3) is 0 Å². The molecule has 0 amide bonds. The minimum atomic E-state index is -0.984. The number of hydrogen-bond donors (Lipinski definition) is 3. The van der Waals surface area contributed by atoms with Crippen molar-refractivity contribution in [2.45, 2.75) is 67.1 Å². The zero-order valence-corrected chi connectivity index (χ0v) is 16.9. The van der Waals surface area contributed by atoms with E-state index in [2.05, 4.69) is 43.1 Å². The van der Waals surface area contributed by atoms with Crippen LogP contribution in [0.25, 0.3) is 11.0 Å². The Balaban J connectivity index is 0.000000487. The van der Waals surface area contributed by atoms with E-state index in [1.807, 2.05) is 20.8 Å². The summed E-state index contributed by atoms with van der Waals surface area (Å²) < 4.78 is 1.76. The number of carbonyl (C=O) groups is 1. The fourth-order valence-electron chi connectivity index (χ4n) is 1.97. The summed E-state index contributed by atoms with van der Waals surface area (Å²) in [7, 11) is 0. The van der Waals surface area contributed by atoms with Gasteiger partial charge in [0.2, 0.25) is 0 Å². The van der Waals surface area contributed by atoms with Gasteiger partial charge in [-0.2, -0.15) is 5.10 Å². The van der Waals surface area contributed by atoms with E-state index < -0.39 is 5.97 Å². The summed E-state index contributed by atoms with van der Waals surface area (Å²) in [5, 5.41) is 17.6. The molecule has 2 atom stereocenters. The normalized spacial score (nSPS) is 13.5. The lowest BCUT2D eigenvalue weighted by atomic mass is 10.0. The maximum absolute atomic E-state index is 11.4. The van der Waals surface area contributed by atoms with E-state index in [4.69, 9.17) is 5.73 Å². The molecular weight excluding hydrogens is 330 g/mol. The summed E-state index contributed by atoms with van der Waals surface area (Å²) in [5.41, 5.74) is 6.92. The highest BCUT2D eigenvalue weighted by atomic mass is 16.4. The first-order chi connectivity index (χ1) is 12.1. The highest BCUT2D eigenvalue weighted by Gasteiger charge is 2.19. The van der Waals surface area contributed by atoms with E-state index in [1.54, 1.807) is 10.9 Å². The van der Waals surface area contributed by atoms with Crippen molar-refractivity contribution >= 4 is 22.7 Å². The molecule has 0 bridgehead atoms. The number of carboxylic acids is 1. The summed E-state index contributed by atoms with van der Waals surface area (Å²) in [5.74, 6) is 0.0354. The lowest BCUT2D eigenvalue weighted by Crippen LogP contribution is -2.23. The number of hydrogen-bond acceptors (Lipinski definition) is 5. The minimum Gasteiger partial charge on any atom is -0.478 e. The molecule has 0 aromatic carbocycles. The predicted octanol–water partition coefficient (Wildman–Crippen LogP) is 3.60. The Hall–Kier alpha value is -2.15. The van der Waals surface area contributed by atoms with Crippen molar-refractivity contribution in [3.8, 4) is 0 Å². The number of aryl methyl sites for hydroxylation is 1. The van der Waals surface area contributed by atoms with Gasteiger partial charge in [0, 0.05) is 24.8 Å². The van der Waals surface area contributed by atoms with E-state index in [-0.39, 0.29) is 11.6 Å². The molecule has 0 radical (unpaired) electrons. The van der Waals surface area contributed by atoms with Gasteiger partial charge in [0.1, 0.15) is 5.56 Å². The van der Waals surface area contributed by atoms with Crippen LogP contribution in [0.2, 0.25) is 0 Å². The van der Waals surface area contributed by atoms with Gasteiger partial charge >= 0.3 is 5.97 Å². The average Bonchev–Trinajstić information content (AvgIpc) is 2.98. The lowest BCUT2D eigenvalue weighted by Gasteiger charge is -2.20. The van der Waals surface area contributed by atoms with E-state index in [1.165, 1.54) is 6.20 Å². The lowest BCUT2D eigenvalue weighted by molar-refractivity contribution is 0.0697. The van der Waals surface area contributed by atoms with Gasteiger partial charge in [0.05, 0.1) is 17.3 Å². The molecule has 2 heterocycles. The molecular formula is C19H33N5O2. The number of rotatable bonds is 6. The highest BCUT2D eigenvalue weighted by molar-refractivity contribution is 6.03. The second-order valence-electron chi connectivity index (χ2n) is 7.33. The van der Waals surface area contributed by atoms with Crippen LogP contribution in [0.3, 0.4) is 0 Å². The number of aromatic carboxylic acids is 1. The Morgan fingerprint density at radius 2 is 1.77 bits per heavy atom. The number of carboxylic acid groups (broad SMARTS) is 1. The predicted molar refractivity (Wildman–Crippen MR) is 107 cm³/mol. The SMILES string of the molecule is CC(C)[C@H](C)N.CCn1ncc2c(N[C@@H](C)C(C)C)c(C(=O)O)cnc21. The third-order valence-electron chi connectivity index (χ3n) is 4.62. The number of fused-ring (bicyclic) bond motifs is 1. The van der Waals surface area contributed by atoms with Crippen LogP contribution < -0.4 is 11.1 Å². The number of nitrogens with zero attached hydrogens (tertiary/aromatic N) is 3. The number of anilines is 1. The van der Waals surface area contributed by atoms with Crippen molar-refractivity contribution < 1.29 is 9.90 Å². The first kappa shape index (κ1) is 21.9. The number of pyridine rings is 1. The topological polar surface area (TPSA) is 106 Å². The highest BCUT2D eigenvalue weighted by Crippen LogP contribution is 2.27. The largest absolute Gasteiger partial charge is 0.478 e. The van der Waals surface area contributed by atoms with Crippen LogP contribution in [0, 0.1) is 11.8 Å². The molecule has 7 heteroatoms. The molecule has 0 unspecified atom stereocenters. The Labute approximate surface area is 156 Å². The fourth-order valence-corrected chi connectivity index (χ4v) is 1.97.